The van der Waals surface area contributed by atoms with Gasteiger partial charge in [0.1, 0.15) is 5.54 Å². The largest absolute Gasteiger partial charge is 0.275 e. The number of hydrogen-bond donors (Lipinski definition) is 0. The zero-order valence-electron chi connectivity index (χ0n) is 17.1. The van der Waals surface area contributed by atoms with E-state index in [1.807, 2.05) is 84.9 Å². The maximum absolute atomic E-state index is 13.8. The zero-order valence-corrected chi connectivity index (χ0v) is 17.1. The summed E-state index contributed by atoms with van der Waals surface area (Å²) in [6.07, 6.45) is 0.601. The molecule has 0 bridgehead atoms. The van der Waals surface area contributed by atoms with Gasteiger partial charge in [0, 0.05) is 12.0 Å². The van der Waals surface area contributed by atoms with Crippen LogP contribution in [0, 0.1) is 0 Å². The predicted molar refractivity (Wildman–Crippen MR) is 124 cm³/mol. The normalized spacial score (nSPS) is 14.8. The lowest BCUT2D eigenvalue weighted by Crippen LogP contribution is -2.44. The number of carbonyl (C=O) groups is 1. The lowest BCUT2D eigenvalue weighted by molar-refractivity contribution is 0.0610. The van der Waals surface area contributed by atoms with Crippen LogP contribution >= 0.6 is 0 Å². The first-order valence-corrected chi connectivity index (χ1v) is 10.4. The van der Waals surface area contributed by atoms with Crippen molar-refractivity contribution in [2.75, 3.05) is 0 Å². The molecule has 0 saturated heterocycles. The number of hydrogen-bond acceptors (Lipinski definition) is 2. The topological polar surface area (TPSA) is 32.7 Å². The van der Waals surface area contributed by atoms with Gasteiger partial charge < -0.3 is 0 Å². The van der Waals surface area contributed by atoms with E-state index >= 15 is 0 Å². The molecule has 1 aliphatic heterocycles. The Morgan fingerprint density at radius 3 is 1.61 bits per heavy atom. The van der Waals surface area contributed by atoms with Gasteiger partial charge in [-0.15, -0.1) is 0 Å². The van der Waals surface area contributed by atoms with E-state index in [-0.39, 0.29) is 5.91 Å². The molecular weight excluding hydrogens is 380 g/mol. The van der Waals surface area contributed by atoms with Crippen LogP contribution in [-0.4, -0.2) is 16.6 Å². The molecule has 4 aromatic rings. The van der Waals surface area contributed by atoms with Crippen molar-refractivity contribution in [3.05, 3.63) is 144 Å². The molecule has 150 valence electrons. The molecular formula is C28H22N2O. The Hall–Kier alpha value is -3.98. The van der Waals surface area contributed by atoms with Gasteiger partial charge in [-0.05, 0) is 28.8 Å². The second kappa shape index (κ2) is 8.04. The quantitative estimate of drug-likeness (QED) is 0.419. The lowest BCUT2D eigenvalue weighted by Gasteiger charge is -2.37. The third kappa shape index (κ3) is 3.34. The van der Waals surface area contributed by atoms with E-state index in [2.05, 4.69) is 36.4 Å². The maximum atomic E-state index is 13.8. The number of amides is 1. The summed E-state index contributed by atoms with van der Waals surface area (Å²) in [4.78, 5) is 13.8. The highest BCUT2D eigenvalue weighted by Crippen LogP contribution is 2.45. The van der Waals surface area contributed by atoms with Crippen molar-refractivity contribution in [2.45, 2.75) is 12.0 Å². The van der Waals surface area contributed by atoms with Crippen LogP contribution in [0.2, 0.25) is 0 Å². The van der Waals surface area contributed by atoms with Gasteiger partial charge in [-0.25, -0.2) is 5.01 Å². The Morgan fingerprint density at radius 1 is 0.645 bits per heavy atom. The summed E-state index contributed by atoms with van der Waals surface area (Å²) in [5.74, 6) is -0.112. The van der Waals surface area contributed by atoms with Crippen molar-refractivity contribution < 1.29 is 4.79 Å². The molecule has 3 heteroatoms. The molecule has 4 aromatic carbocycles. The van der Waals surface area contributed by atoms with E-state index in [4.69, 9.17) is 5.10 Å². The highest BCUT2D eigenvalue weighted by molar-refractivity contribution is 6.06. The molecule has 0 radical (unpaired) electrons. The van der Waals surface area contributed by atoms with E-state index in [9.17, 15) is 4.79 Å². The fourth-order valence-corrected chi connectivity index (χ4v) is 4.31. The standard InChI is InChI=1S/C28H22N2O/c31-27(23-15-7-2-8-16-23)30-28(24-17-9-3-10-18-24,25-19-11-4-12-20-25)21-26(29-30)22-13-5-1-6-14-22/h1-20H,21H2. The van der Waals surface area contributed by atoms with Gasteiger partial charge in [-0.2, -0.15) is 5.10 Å². The number of carbonyl (C=O) groups excluding carboxylic acids is 1. The molecule has 0 fully saturated rings. The van der Waals surface area contributed by atoms with Crippen LogP contribution in [0.4, 0.5) is 0 Å². The molecule has 0 N–H and O–H groups in total. The van der Waals surface area contributed by atoms with Crippen molar-refractivity contribution in [1.29, 1.82) is 0 Å². The Kier molecular flexibility index (Phi) is 4.93. The molecule has 1 heterocycles. The minimum atomic E-state index is -0.722. The molecule has 0 spiro atoms. The van der Waals surface area contributed by atoms with Gasteiger partial charge >= 0.3 is 0 Å². The summed E-state index contributed by atoms with van der Waals surface area (Å²) in [5, 5.41) is 6.63. The highest BCUT2D eigenvalue weighted by atomic mass is 16.2. The van der Waals surface area contributed by atoms with Gasteiger partial charge in [-0.3, -0.25) is 4.79 Å². The lowest BCUT2D eigenvalue weighted by atomic mass is 9.78. The number of nitrogens with zero attached hydrogens (tertiary/aromatic N) is 2. The third-order valence-corrected chi connectivity index (χ3v) is 5.83. The molecule has 0 atom stereocenters. The minimum absolute atomic E-state index is 0.112. The van der Waals surface area contributed by atoms with Crippen LogP contribution < -0.4 is 0 Å². The summed E-state index contributed by atoms with van der Waals surface area (Å²) in [6, 6.07) is 39.9. The molecule has 0 aromatic heterocycles. The van der Waals surface area contributed by atoms with Gasteiger partial charge in [0.15, 0.2) is 0 Å². The maximum Gasteiger partial charge on any atom is 0.275 e. The minimum Gasteiger partial charge on any atom is -0.267 e. The van der Waals surface area contributed by atoms with E-state index in [1.54, 1.807) is 5.01 Å². The second-order valence-corrected chi connectivity index (χ2v) is 7.66. The molecule has 1 aliphatic rings. The van der Waals surface area contributed by atoms with E-state index in [0.717, 1.165) is 22.4 Å². The third-order valence-electron chi connectivity index (χ3n) is 5.83. The molecule has 0 aliphatic carbocycles. The van der Waals surface area contributed by atoms with Crippen LogP contribution in [0.15, 0.2) is 126 Å². The summed E-state index contributed by atoms with van der Waals surface area (Å²) in [5.41, 5.74) is 3.91. The van der Waals surface area contributed by atoms with Crippen LogP contribution in [0.1, 0.15) is 33.5 Å². The summed E-state index contributed by atoms with van der Waals surface area (Å²) in [6.45, 7) is 0. The van der Waals surface area contributed by atoms with E-state index in [1.165, 1.54) is 0 Å². The molecule has 5 rings (SSSR count). The monoisotopic (exact) mass is 402 g/mol. The van der Waals surface area contributed by atoms with Crippen LogP contribution in [-0.2, 0) is 5.54 Å². The van der Waals surface area contributed by atoms with Gasteiger partial charge in [0.2, 0.25) is 0 Å². The molecule has 3 nitrogen and oxygen atoms in total. The first kappa shape index (κ1) is 19.0. The van der Waals surface area contributed by atoms with Crippen molar-refractivity contribution in [3.63, 3.8) is 0 Å². The second-order valence-electron chi connectivity index (χ2n) is 7.66. The van der Waals surface area contributed by atoms with Gasteiger partial charge in [-0.1, -0.05) is 109 Å². The molecule has 0 saturated carbocycles. The van der Waals surface area contributed by atoms with Crippen molar-refractivity contribution in [2.24, 2.45) is 5.10 Å². The number of rotatable bonds is 4. The van der Waals surface area contributed by atoms with E-state index < -0.39 is 5.54 Å². The molecule has 0 unspecified atom stereocenters. The van der Waals surface area contributed by atoms with Crippen molar-refractivity contribution in [3.8, 4) is 0 Å². The SMILES string of the molecule is O=C(c1ccccc1)N1N=C(c2ccccc2)CC1(c1ccccc1)c1ccccc1. The summed E-state index contributed by atoms with van der Waals surface area (Å²) >= 11 is 0. The van der Waals surface area contributed by atoms with Gasteiger partial charge in [0.05, 0.1) is 5.71 Å². The van der Waals surface area contributed by atoms with Crippen LogP contribution in [0.3, 0.4) is 0 Å². The smallest absolute Gasteiger partial charge is 0.267 e. The first-order chi connectivity index (χ1) is 15.3. The summed E-state index contributed by atoms with van der Waals surface area (Å²) in [7, 11) is 0. The average Bonchev–Trinajstić information content (AvgIpc) is 3.28. The molecule has 31 heavy (non-hydrogen) atoms. The Bertz CT molecular complexity index is 1160. The fraction of sp³-hybridized carbons (Fsp3) is 0.0714. The average molecular weight is 402 g/mol. The van der Waals surface area contributed by atoms with Gasteiger partial charge in [0.25, 0.3) is 5.91 Å². The zero-order chi connectivity index (χ0) is 21.1. The first-order valence-electron chi connectivity index (χ1n) is 10.4. The Morgan fingerprint density at radius 2 is 1.10 bits per heavy atom. The fourth-order valence-electron chi connectivity index (χ4n) is 4.31. The van der Waals surface area contributed by atoms with Crippen molar-refractivity contribution >= 4 is 11.6 Å². The Balaban J connectivity index is 1.74. The van der Waals surface area contributed by atoms with E-state index in [0.29, 0.717) is 12.0 Å². The number of hydrazone groups is 1. The molecule has 1 amide bonds. The summed E-state index contributed by atoms with van der Waals surface area (Å²) < 4.78 is 0. The Labute approximate surface area is 182 Å². The van der Waals surface area contributed by atoms with Crippen molar-refractivity contribution in [1.82, 2.24) is 5.01 Å². The van der Waals surface area contributed by atoms with Crippen LogP contribution in [0.25, 0.3) is 0 Å². The van der Waals surface area contributed by atoms with Crippen LogP contribution in [0.5, 0.6) is 0 Å². The number of benzene rings is 4. The predicted octanol–water partition coefficient (Wildman–Crippen LogP) is 5.88. The highest BCUT2D eigenvalue weighted by Gasteiger charge is 2.49.